The van der Waals surface area contributed by atoms with E-state index in [1.165, 1.54) is 25.6 Å². The van der Waals surface area contributed by atoms with E-state index >= 15 is 0 Å². The van der Waals surface area contributed by atoms with Crippen molar-refractivity contribution in [2.24, 2.45) is 5.92 Å². The van der Waals surface area contributed by atoms with E-state index in [0.29, 0.717) is 5.92 Å². The highest BCUT2D eigenvalue weighted by atomic mass is 32.2. The summed E-state index contributed by atoms with van der Waals surface area (Å²) in [5.74, 6) is 0.224. The molecule has 2 saturated heterocycles. The van der Waals surface area contributed by atoms with Crippen molar-refractivity contribution >= 4 is 17.7 Å². The standard InChI is InChI=1S/C19H36N2O6S/c1-5-6-10-7-8-20-11(9-10)17(25)21-16(19(2,3)26)15-13(23)12(22)14(24)18(27-15)28-4/h10-16,18,20,22-24,26H,5-9H2,1-4H3,(H,21,25)/t10-,11+,12+,13-,14-,15+,16-,18-/m1/s1. The van der Waals surface area contributed by atoms with Gasteiger partial charge in [-0.3, -0.25) is 4.79 Å². The molecule has 2 heterocycles. The molecule has 164 valence electrons. The van der Waals surface area contributed by atoms with Crippen LogP contribution in [0.4, 0.5) is 0 Å². The maximum Gasteiger partial charge on any atom is 0.237 e. The lowest BCUT2D eigenvalue weighted by Crippen LogP contribution is -2.68. The van der Waals surface area contributed by atoms with Gasteiger partial charge in [-0.05, 0) is 45.4 Å². The molecule has 1 amide bonds. The second-order valence-corrected chi connectivity index (χ2v) is 9.44. The Morgan fingerprint density at radius 3 is 2.54 bits per heavy atom. The third-order valence-electron chi connectivity index (χ3n) is 5.75. The van der Waals surface area contributed by atoms with E-state index in [1.807, 2.05) is 0 Å². The Kier molecular flexibility index (Phi) is 8.57. The number of amides is 1. The van der Waals surface area contributed by atoms with Crippen LogP contribution in [-0.4, -0.2) is 86.7 Å². The average molecular weight is 421 g/mol. The fourth-order valence-electron chi connectivity index (χ4n) is 4.12. The zero-order valence-electron chi connectivity index (χ0n) is 17.2. The smallest absolute Gasteiger partial charge is 0.237 e. The summed E-state index contributed by atoms with van der Waals surface area (Å²) in [4.78, 5) is 12.9. The Morgan fingerprint density at radius 2 is 1.96 bits per heavy atom. The summed E-state index contributed by atoms with van der Waals surface area (Å²) in [5, 5.41) is 47.5. The molecular weight excluding hydrogens is 384 g/mol. The number of thioether (sulfide) groups is 1. The lowest BCUT2D eigenvalue weighted by atomic mass is 9.85. The summed E-state index contributed by atoms with van der Waals surface area (Å²) < 4.78 is 5.77. The first-order chi connectivity index (χ1) is 13.1. The molecular formula is C19H36N2O6S. The number of hydrogen-bond donors (Lipinski definition) is 6. The number of aliphatic hydroxyl groups excluding tert-OH is 3. The minimum absolute atomic E-state index is 0.259. The van der Waals surface area contributed by atoms with Crippen LogP contribution >= 0.6 is 11.8 Å². The molecule has 0 aliphatic carbocycles. The normalized spacial score (nSPS) is 38.1. The van der Waals surface area contributed by atoms with Crippen LogP contribution in [0, 0.1) is 5.92 Å². The van der Waals surface area contributed by atoms with Crippen LogP contribution in [0.2, 0.25) is 0 Å². The zero-order valence-corrected chi connectivity index (χ0v) is 18.0. The molecule has 0 bridgehead atoms. The number of piperidine rings is 1. The molecule has 2 aliphatic rings. The van der Waals surface area contributed by atoms with Crippen molar-refractivity contribution in [3.63, 3.8) is 0 Å². The Labute approximate surface area is 171 Å². The average Bonchev–Trinajstić information content (AvgIpc) is 2.64. The third-order valence-corrected chi connectivity index (χ3v) is 6.61. The van der Waals surface area contributed by atoms with E-state index < -0.39 is 41.5 Å². The molecule has 2 fully saturated rings. The van der Waals surface area contributed by atoms with Gasteiger partial charge in [0.15, 0.2) is 0 Å². The number of nitrogens with one attached hydrogen (secondary N) is 2. The first kappa shape index (κ1) is 23.9. The number of carbonyl (C=O) groups excluding carboxylic acids is 1. The van der Waals surface area contributed by atoms with E-state index in [4.69, 9.17) is 4.74 Å². The quantitative estimate of drug-likeness (QED) is 0.327. The van der Waals surface area contributed by atoms with E-state index in [2.05, 4.69) is 17.6 Å². The van der Waals surface area contributed by atoms with Crippen molar-refractivity contribution in [3.05, 3.63) is 0 Å². The molecule has 0 spiro atoms. The topological polar surface area (TPSA) is 131 Å². The molecule has 0 aromatic carbocycles. The lowest BCUT2D eigenvalue weighted by Gasteiger charge is -2.46. The summed E-state index contributed by atoms with van der Waals surface area (Å²) in [6, 6.07) is -1.33. The van der Waals surface area contributed by atoms with Gasteiger partial charge in [0.05, 0.1) is 17.7 Å². The van der Waals surface area contributed by atoms with Gasteiger partial charge in [-0.2, -0.15) is 0 Å². The monoisotopic (exact) mass is 420 g/mol. The van der Waals surface area contributed by atoms with Crippen LogP contribution in [0.3, 0.4) is 0 Å². The summed E-state index contributed by atoms with van der Waals surface area (Å²) in [5.41, 5.74) is -2.18. The molecule has 0 unspecified atom stereocenters. The summed E-state index contributed by atoms with van der Waals surface area (Å²) in [7, 11) is 0. The minimum atomic E-state index is -1.44. The highest BCUT2D eigenvalue weighted by molar-refractivity contribution is 7.99. The summed E-state index contributed by atoms with van der Waals surface area (Å²) in [6.07, 6.45) is 0.435. The van der Waals surface area contributed by atoms with Gasteiger partial charge in [0.1, 0.15) is 29.9 Å². The van der Waals surface area contributed by atoms with Crippen LogP contribution in [-0.2, 0) is 9.53 Å². The number of rotatable bonds is 7. The second kappa shape index (κ2) is 10.1. The van der Waals surface area contributed by atoms with Gasteiger partial charge in [-0.25, -0.2) is 0 Å². The molecule has 0 aromatic rings. The van der Waals surface area contributed by atoms with Crippen molar-refractivity contribution in [1.82, 2.24) is 10.6 Å². The maximum absolute atomic E-state index is 12.9. The van der Waals surface area contributed by atoms with Crippen molar-refractivity contribution in [3.8, 4) is 0 Å². The molecule has 9 heteroatoms. The summed E-state index contributed by atoms with van der Waals surface area (Å²) >= 11 is 1.19. The zero-order chi connectivity index (χ0) is 21.1. The number of carbonyl (C=O) groups is 1. The SMILES string of the molecule is CCC[C@@H]1CCN[C@H](C(=O)N[C@H]([C@H]2O[C@H](SC)[C@H](O)[C@@H](O)[C@H]2O)C(C)(C)O)C1. The molecule has 2 aliphatic heterocycles. The number of ether oxygens (including phenoxy) is 1. The molecule has 0 radical (unpaired) electrons. The molecule has 28 heavy (non-hydrogen) atoms. The lowest BCUT2D eigenvalue weighted by molar-refractivity contribution is -0.217. The van der Waals surface area contributed by atoms with E-state index in [1.54, 1.807) is 6.26 Å². The fraction of sp³-hybridized carbons (Fsp3) is 0.947. The van der Waals surface area contributed by atoms with Gasteiger partial charge in [-0.1, -0.05) is 19.8 Å². The Bertz CT molecular complexity index is 513. The van der Waals surface area contributed by atoms with Crippen molar-refractivity contribution in [2.75, 3.05) is 12.8 Å². The molecule has 0 saturated carbocycles. The third kappa shape index (κ3) is 5.59. The van der Waals surface area contributed by atoms with Gasteiger partial charge in [0.25, 0.3) is 0 Å². The Hall–Kier alpha value is -0.420. The van der Waals surface area contributed by atoms with Crippen LogP contribution in [0.25, 0.3) is 0 Å². The predicted octanol–water partition coefficient (Wildman–Crippen LogP) is -0.419. The first-order valence-electron chi connectivity index (χ1n) is 10.1. The first-order valence-corrected chi connectivity index (χ1v) is 11.4. The molecule has 2 rings (SSSR count). The van der Waals surface area contributed by atoms with Crippen LogP contribution in [0.15, 0.2) is 0 Å². The van der Waals surface area contributed by atoms with E-state index in [9.17, 15) is 25.2 Å². The van der Waals surface area contributed by atoms with Gasteiger partial charge < -0.3 is 35.8 Å². The second-order valence-electron chi connectivity index (χ2n) is 8.50. The predicted molar refractivity (Wildman–Crippen MR) is 108 cm³/mol. The van der Waals surface area contributed by atoms with Gasteiger partial charge in [0, 0.05) is 0 Å². The molecule has 6 N–H and O–H groups in total. The number of aliphatic hydroxyl groups is 4. The maximum atomic E-state index is 12.9. The summed E-state index contributed by atoms with van der Waals surface area (Å²) in [6.45, 7) is 5.94. The number of hydrogen-bond acceptors (Lipinski definition) is 8. The van der Waals surface area contributed by atoms with Gasteiger partial charge in [0.2, 0.25) is 5.91 Å². The van der Waals surface area contributed by atoms with Crippen LogP contribution in [0.5, 0.6) is 0 Å². The van der Waals surface area contributed by atoms with E-state index in [0.717, 1.165) is 32.2 Å². The fourth-order valence-corrected chi connectivity index (χ4v) is 4.80. The van der Waals surface area contributed by atoms with Crippen molar-refractivity contribution in [2.45, 2.75) is 94.0 Å². The Morgan fingerprint density at radius 1 is 1.29 bits per heavy atom. The van der Waals surface area contributed by atoms with E-state index in [-0.39, 0.29) is 11.9 Å². The molecule has 8 nitrogen and oxygen atoms in total. The largest absolute Gasteiger partial charge is 0.388 e. The molecule has 0 aromatic heterocycles. The van der Waals surface area contributed by atoms with Gasteiger partial charge in [-0.15, -0.1) is 11.8 Å². The van der Waals surface area contributed by atoms with Crippen molar-refractivity contribution in [1.29, 1.82) is 0 Å². The van der Waals surface area contributed by atoms with Crippen molar-refractivity contribution < 1.29 is 30.0 Å². The Balaban J connectivity index is 2.14. The van der Waals surface area contributed by atoms with Gasteiger partial charge >= 0.3 is 0 Å². The van der Waals surface area contributed by atoms with Crippen LogP contribution < -0.4 is 10.6 Å². The molecule has 8 atom stereocenters. The minimum Gasteiger partial charge on any atom is -0.388 e. The highest BCUT2D eigenvalue weighted by Crippen LogP contribution is 2.31. The highest BCUT2D eigenvalue weighted by Gasteiger charge is 2.50. The van der Waals surface area contributed by atoms with Crippen LogP contribution in [0.1, 0.15) is 46.5 Å².